The van der Waals surface area contributed by atoms with Crippen molar-refractivity contribution in [2.75, 3.05) is 0 Å². The van der Waals surface area contributed by atoms with Gasteiger partial charge in [0.25, 0.3) is 0 Å². The molecule has 0 aliphatic heterocycles. The minimum absolute atomic E-state index is 0.0914. The summed E-state index contributed by atoms with van der Waals surface area (Å²) in [6, 6.07) is 0. The Labute approximate surface area is 670 Å². The maximum Gasteiger partial charge on any atom is 0.392 e. The molecule has 0 aromatic heterocycles. The SMILES string of the molecule is CC1C(C(F)(F)F)C(C(F)(F)F)[C@H](C)[C@H](C)C1C(F)(F)F.CC1C(C(F)(F)F)[C@@H](C)[C@@H](C)C1C(F)(F)F.CC1C(F)[C@@H](C)[C@@H](C)C1F.CC1CC[C@@H](C)[C@@H](C)C1.CC1CC[C@@H](C)[C@@H](C)C1.CC1C[C@@H](C)[C@@H](C)C1.CC1C[C@@H](C)[C@@H](C)C1.CC1C[C@@H](C)[C@@H](C)CC1C(F)(F)F.CC1C[C@@H](C)[C@@H](C)CC1F.C[C@@H]1CC(F)(F)C[C@@H]1C. The summed E-state index contributed by atoms with van der Waals surface area (Å²) in [4.78, 5) is 0. The van der Waals surface area contributed by atoms with Gasteiger partial charge >= 0.3 is 37.1 Å². The molecule has 10 aliphatic carbocycles. The van der Waals surface area contributed by atoms with Crippen LogP contribution >= 0.6 is 0 Å². The Morgan fingerprint density at radius 1 is 0.195 bits per heavy atom. The van der Waals surface area contributed by atoms with Crippen LogP contribution in [0.15, 0.2) is 0 Å². The zero-order valence-corrected chi connectivity index (χ0v) is 74.4. The van der Waals surface area contributed by atoms with Gasteiger partial charge < -0.3 is 0 Å². The highest BCUT2D eigenvalue weighted by molar-refractivity contribution is 5.01. The van der Waals surface area contributed by atoms with E-state index < -0.39 is 138 Å². The van der Waals surface area contributed by atoms with Crippen LogP contribution in [-0.4, -0.2) is 61.5 Å². The van der Waals surface area contributed by atoms with Gasteiger partial charge in [-0.1, -0.05) is 226 Å². The monoisotopic (exact) mass is 1680 g/mol. The molecular weight excluding hydrogens is 1520 g/mol. The lowest BCUT2D eigenvalue weighted by Gasteiger charge is -2.50. The van der Waals surface area contributed by atoms with Gasteiger partial charge in [0, 0.05) is 18.8 Å². The Morgan fingerprint density at radius 2 is 0.425 bits per heavy atom. The number of alkyl halides is 23. The minimum atomic E-state index is -5.34. The maximum atomic E-state index is 13.0. The van der Waals surface area contributed by atoms with E-state index in [2.05, 4.69) is 96.9 Å². The maximum absolute atomic E-state index is 13.0. The van der Waals surface area contributed by atoms with Gasteiger partial charge in [0.2, 0.25) is 5.92 Å². The highest BCUT2D eigenvalue weighted by Gasteiger charge is 2.68. The van der Waals surface area contributed by atoms with Crippen molar-refractivity contribution in [3.8, 4) is 0 Å². The van der Waals surface area contributed by atoms with Gasteiger partial charge in [-0.3, -0.25) is 0 Å². The molecule has 23 heteroatoms. The molecular formula is C90H157F23. The first kappa shape index (κ1) is 109. The van der Waals surface area contributed by atoms with E-state index in [0.717, 1.165) is 111 Å². The lowest BCUT2D eigenvalue weighted by atomic mass is 9.57. The van der Waals surface area contributed by atoms with Crippen molar-refractivity contribution in [1.29, 1.82) is 0 Å². The van der Waals surface area contributed by atoms with Crippen molar-refractivity contribution in [3.63, 3.8) is 0 Å². The van der Waals surface area contributed by atoms with Crippen LogP contribution in [0, 0.1) is 207 Å². The molecule has 0 N–H and O–H groups in total. The van der Waals surface area contributed by atoms with Crippen LogP contribution in [0.3, 0.4) is 0 Å². The van der Waals surface area contributed by atoms with Gasteiger partial charge in [0.1, 0.15) is 18.5 Å². The molecule has 0 aromatic carbocycles. The van der Waals surface area contributed by atoms with Crippen LogP contribution in [0.5, 0.6) is 0 Å². The third-order valence-corrected chi connectivity index (χ3v) is 30.7. The van der Waals surface area contributed by atoms with Crippen molar-refractivity contribution < 1.29 is 101 Å². The molecule has 10 aliphatic rings. The third-order valence-electron chi connectivity index (χ3n) is 30.7. The van der Waals surface area contributed by atoms with E-state index in [1.807, 2.05) is 34.6 Å². The molecule has 0 spiro atoms. The summed E-state index contributed by atoms with van der Waals surface area (Å²) in [6.07, 6.45) is -13.3. The Kier molecular flexibility index (Phi) is 44.0. The molecule has 0 radical (unpaired) electrons. The Hall–Kier alpha value is -1.61. The van der Waals surface area contributed by atoms with E-state index in [9.17, 15) is 101 Å². The fourth-order valence-electron chi connectivity index (χ4n) is 21.2. The predicted octanol–water partition coefficient (Wildman–Crippen LogP) is 33.4. The predicted molar refractivity (Wildman–Crippen MR) is 417 cm³/mol. The lowest BCUT2D eigenvalue weighted by molar-refractivity contribution is -0.321. The van der Waals surface area contributed by atoms with Crippen molar-refractivity contribution in [3.05, 3.63) is 0 Å². The lowest BCUT2D eigenvalue weighted by Crippen LogP contribution is -2.57. The summed E-state index contributed by atoms with van der Waals surface area (Å²) in [6.45, 7) is 55.5. The average Bonchev–Trinajstić information content (AvgIpc) is 1.54. The summed E-state index contributed by atoms with van der Waals surface area (Å²) < 4.78 is 294. The molecule has 18 unspecified atom stereocenters. The molecule has 0 bridgehead atoms. The molecule has 10 rings (SSSR count). The van der Waals surface area contributed by atoms with Crippen LogP contribution in [0.4, 0.5) is 101 Å². The van der Waals surface area contributed by atoms with Crippen LogP contribution in [0.1, 0.15) is 304 Å². The first-order valence-electron chi connectivity index (χ1n) is 43.6. The summed E-state index contributed by atoms with van der Waals surface area (Å²) in [7, 11) is 0. The minimum Gasteiger partial charge on any atom is -0.247 e. The quantitative estimate of drug-likeness (QED) is 0.212. The number of hydrogen-bond donors (Lipinski definition) is 0. The van der Waals surface area contributed by atoms with E-state index in [-0.39, 0.29) is 48.3 Å². The van der Waals surface area contributed by atoms with E-state index in [4.69, 9.17) is 0 Å². The zero-order chi connectivity index (χ0) is 88.8. The Morgan fingerprint density at radius 3 is 0.637 bits per heavy atom. The van der Waals surface area contributed by atoms with E-state index in [0.29, 0.717) is 37.5 Å². The second-order valence-corrected chi connectivity index (χ2v) is 40.5. The fraction of sp³-hybridized carbons (Fsp3) is 1.00. The standard InChI is InChI=1S/C12H15F9.C10H14F6.C10H17F3.C9H17F.2C9H18.C8H14F2.2C8H16.C7H12F2/c1-4-5(2)8(11(16,17)18)9(12(19,20)21)6(3)7(4)10(13,14)15;1-4-5(2)8(10(14,15)16)6(3)7(4)9(11,12)13;1-6-4-8(3)9(5-7(6)2)10(11,12)13;1-6-4-8(3)9(10)5-7(6)2;2*1-7-4-5-8(2)9(3)6-7;1-4-5(2)8(10)6(3)7(4)9;2*1-6-4-7(2)8(3)5-6;1-5-3-7(8,9)4-6(5)2/h4-9H,1-3H3;4-8H,1-3H3;6-9H,4-5H2,1-3H3;6-9H,4-5H2,1-3H3;2*7-9H,4-6H2,1-3H3;4-8H,1-3H3;2*6-8H,4-5H2,1-3H3;5-6H,3-4H2,1-2H3/t4-,5+,6?,7?,8?,9?;4-,5+,6?,7?,8?;2*6-,7+,8?,9?;2*7?,8-,9+;4-,5+,6?,7?,8?;2*6?,7-,8+;5-,6+/m0.1111..../s1. The van der Waals surface area contributed by atoms with Gasteiger partial charge in [0.15, 0.2) is 0 Å². The molecule has 0 heterocycles. The van der Waals surface area contributed by atoms with Crippen molar-refractivity contribution >= 4 is 0 Å². The van der Waals surface area contributed by atoms with E-state index >= 15 is 0 Å². The molecule has 0 amide bonds. The first-order chi connectivity index (χ1) is 50.9. The summed E-state index contributed by atoms with van der Waals surface area (Å²) in [5, 5.41) is 0. The van der Waals surface area contributed by atoms with Gasteiger partial charge in [-0.25, -0.2) is 22.0 Å². The number of rotatable bonds is 0. The first-order valence-corrected chi connectivity index (χ1v) is 43.6. The van der Waals surface area contributed by atoms with Gasteiger partial charge in [-0.15, -0.1) is 0 Å². The van der Waals surface area contributed by atoms with E-state index in [1.54, 1.807) is 27.7 Å². The zero-order valence-electron chi connectivity index (χ0n) is 74.4. The molecule has 10 saturated carbocycles. The molecule has 0 nitrogen and oxygen atoms in total. The molecule has 38 atom stereocenters. The molecule has 0 aromatic rings. The summed E-state index contributed by atoms with van der Waals surface area (Å²) in [5.74, 6) is -10.5. The molecule has 678 valence electrons. The van der Waals surface area contributed by atoms with Crippen LogP contribution < -0.4 is 0 Å². The largest absolute Gasteiger partial charge is 0.392 e. The smallest absolute Gasteiger partial charge is 0.247 e. The molecule has 10 fully saturated rings. The van der Waals surface area contributed by atoms with Crippen LogP contribution in [0.25, 0.3) is 0 Å². The van der Waals surface area contributed by atoms with Gasteiger partial charge in [-0.05, 0) is 230 Å². The highest BCUT2D eigenvalue weighted by atomic mass is 19.4. The van der Waals surface area contributed by atoms with Gasteiger partial charge in [0.05, 0.1) is 35.5 Å². The molecule has 113 heavy (non-hydrogen) atoms. The van der Waals surface area contributed by atoms with Crippen molar-refractivity contribution in [1.82, 2.24) is 0 Å². The fourth-order valence-corrected chi connectivity index (χ4v) is 21.2. The highest BCUT2D eigenvalue weighted by Crippen LogP contribution is 2.61. The normalized spacial score (nSPS) is 44.5. The van der Waals surface area contributed by atoms with Gasteiger partial charge in [-0.2, -0.15) is 79.0 Å². The molecule has 0 saturated heterocycles. The topological polar surface area (TPSA) is 0 Å². The number of halogens is 23. The second kappa shape index (κ2) is 45.5. The average molecular weight is 1680 g/mol. The second-order valence-electron chi connectivity index (χ2n) is 40.5. The van der Waals surface area contributed by atoms with Crippen molar-refractivity contribution in [2.45, 2.75) is 365 Å². The van der Waals surface area contributed by atoms with Crippen molar-refractivity contribution in [2.24, 2.45) is 207 Å². The third kappa shape index (κ3) is 34.3. The summed E-state index contributed by atoms with van der Waals surface area (Å²) in [5.41, 5.74) is 0. The Balaban J connectivity index is 0.000000638. The van der Waals surface area contributed by atoms with E-state index in [1.165, 1.54) is 78.1 Å². The van der Waals surface area contributed by atoms with Crippen LogP contribution in [0.2, 0.25) is 0 Å². The van der Waals surface area contributed by atoms with Crippen LogP contribution in [-0.2, 0) is 0 Å². The summed E-state index contributed by atoms with van der Waals surface area (Å²) >= 11 is 0. The number of hydrogen-bond acceptors (Lipinski definition) is 0. The Bertz CT molecular complexity index is 2400.